The lowest BCUT2D eigenvalue weighted by Gasteiger charge is -2.18. The fourth-order valence-electron chi connectivity index (χ4n) is 4.38. The molecule has 0 aliphatic rings. The number of benzene rings is 4. The van der Waals surface area contributed by atoms with Gasteiger partial charge in [0.05, 0.1) is 6.61 Å². The van der Waals surface area contributed by atoms with Crippen LogP contribution >= 0.6 is 15.9 Å². The normalized spacial score (nSPS) is 11.7. The molecular weight excluding hydrogens is 520 g/mol. The first kappa shape index (κ1) is 26.9. The minimum atomic E-state index is 0.559. The summed E-state index contributed by atoms with van der Waals surface area (Å²) >= 11 is 3.51. The van der Waals surface area contributed by atoms with Crippen molar-refractivity contribution in [2.45, 2.75) is 32.3 Å². The molecular formula is C34H35BrO2. The maximum Gasteiger partial charge on any atom is 0.119 e. The molecule has 0 fully saturated rings. The van der Waals surface area contributed by atoms with E-state index in [0.29, 0.717) is 13.2 Å². The van der Waals surface area contributed by atoms with E-state index in [1.807, 2.05) is 18.2 Å². The van der Waals surface area contributed by atoms with Crippen LogP contribution in [0.5, 0.6) is 5.75 Å². The quantitative estimate of drug-likeness (QED) is 0.0877. The van der Waals surface area contributed by atoms with Crippen LogP contribution in [0.15, 0.2) is 115 Å². The van der Waals surface area contributed by atoms with Crippen molar-refractivity contribution >= 4 is 27.1 Å². The lowest BCUT2D eigenvalue weighted by molar-refractivity contribution is 0.136. The summed E-state index contributed by atoms with van der Waals surface area (Å²) in [6.07, 6.45) is 4.34. The highest BCUT2D eigenvalue weighted by Gasteiger charge is 2.14. The second kappa shape index (κ2) is 15.2. The van der Waals surface area contributed by atoms with Crippen molar-refractivity contribution in [3.63, 3.8) is 0 Å². The van der Waals surface area contributed by atoms with Gasteiger partial charge < -0.3 is 9.47 Å². The zero-order valence-electron chi connectivity index (χ0n) is 21.3. The van der Waals surface area contributed by atoms with Gasteiger partial charge >= 0.3 is 0 Å². The molecule has 2 nitrogen and oxygen atoms in total. The summed E-state index contributed by atoms with van der Waals surface area (Å²) in [6.45, 7) is 2.07. The van der Waals surface area contributed by atoms with E-state index < -0.39 is 0 Å². The van der Waals surface area contributed by atoms with Gasteiger partial charge in [-0.3, -0.25) is 0 Å². The van der Waals surface area contributed by atoms with E-state index in [4.69, 9.17) is 9.47 Å². The highest BCUT2D eigenvalue weighted by molar-refractivity contribution is 9.09. The number of rotatable bonds is 14. The van der Waals surface area contributed by atoms with Crippen molar-refractivity contribution < 1.29 is 9.47 Å². The van der Waals surface area contributed by atoms with Gasteiger partial charge in [0.2, 0.25) is 0 Å². The lowest BCUT2D eigenvalue weighted by Crippen LogP contribution is -2.02. The van der Waals surface area contributed by atoms with E-state index in [1.54, 1.807) is 0 Å². The van der Waals surface area contributed by atoms with E-state index >= 15 is 0 Å². The van der Waals surface area contributed by atoms with Crippen molar-refractivity contribution in [3.8, 4) is 5.75 Å². The number of hydrogen-bond donors (Lipinski definition) is 0. The molecule has 37 heavy (non-hydrogen) atoms. The summed E-state index contributed by atoms with van der Waals surface area (Å²) in [6, 6.07) is 40.1. The molecule has 0 spiro atoms. The van der Waals surface area contributed by atoms with Gasteiger partial charge in [-0.1, -0.05) is 125 Å². The van der Waals surface area contributed by atoms with E-state index in [1.165, 1.54) is 40.7 Å². The van der Waals surface area contributed by atoms with Gasteiger partial charge in [0.25, 0.3) is 0 Å². The van der Waals surface area contributed by atoms with Crippen LogP contribution in [0.1, 0.15) is 47.9 Å². The Hall–Kier alpha value is -3.14. The third-order valence-electron chi connectivity index (χ3n) is 6.30. The summed E-state index contributed by atoms with van der Waals surface area (Å²) in [5.41, 5.74) is 7.31. The van der Waals surface area contributed by atoms with Gasteiger partial charge in [-0.05, 0) is 64.8 Å². The Morgan fingerprint density at radius 3 is 1.81 bits per heavy atom. The Bertz CT molecular complexity index is 1200. The van der Waals surface area contributed by atoms with Gasteiger partial charge in [0, 0.05) is 11.9 Å². The third-order valence-corrected chi connectivity index (χ3v) is 6.86. The number of halogens is 1. The molecule has 0 N–H and O–H groups in total. The molecule has 0 bridgehead atoms. The molecule has 0 aliphatic heterocycles. The molecule has 0 saturated carbocycles. The first-order chi connectivity index (χ1) is 18.3. The Kier molecular flexibility index (Phi) is 11.0. The summed E-state index contributed by atoms with van der Waals surface area (Å²) in [5, 5.41) is 1.06. The largest absolute Gasteiger partial charge is 0.489 e. The number of unbranched alkanes of at least 4 members (excludes halogenated alkanes) is 2. The third kappa shape index (κ3) is 8.45. The highest BCUT2D eigenvalue weighted by atomic mass is 79.9. The maximum atomic E-state index is 6.08. The van der Waals surface area contributed by atoms with E-state index in [-0.39, 0.29) is 0 Å². The fourth-order valence-corrected chi connectivity index (χ4v) is 4.78. The molecule has 0 heterocycles. The van der Waals surface area contributed by atoms with E-state index in [2.05, 4.69) is 113 Å². The monoisotopic (exact) mass is 554 g/mol. The molecule has 3 heteroatoms. The molecule has 4 aromatic rings. The fraction of sp³-hybridized carbons (Fsp3) is 0.235. The van der Waals surface area contributed by atoms with E-state index in [9.17, 15) is 0 Å². The van der Waals surface area contributed by atoms with Crippen LogP contribution in [-0.4, -0.2) is 18.5 Å². The first-order valence-corrected chi connectivity index (χ1v) is 14.2. The molecule has 0 radical (unpaired) electrons. The van der Waals surface area contributed by atoms with Gasteiger partial charge in [-0.25, -0.2) is 0 Å². The van der Waals surface area contributed by atoms with Crippen LogP contribution in [0, 0.1) is 0 Å². The number of ether oxygens (including phenoxy) is 2. The standard InChI is InChI=1S/C34H35BrO2/c35-24-11-4-12-25-36-26-23-33(29-15-7-2-8-16-29)34(30-17-9-3-10-18-30)31-19-21-32(22-20-31)37-27-28-13-5-1-6-14-28/h1-3,5-10,13-22H,4,11-12,23-27H2. The zero-order chi connectivity index (χ0) is 25.5. The smallest absolute Gasteiger partial charge is 0.119 e. The average molecular weight is 556 g/mol. The van der Waals surface area contributed by atoms with Crippen LogP contribution in [-0.2, 0) is 11.3 Å². The van der Waals surface area contributed by atoms with Crippen molar-refractivity contribution in [1.29, 1.82) is 0 Å². The second-order valence-electron chi connectivity index (χ2n) is 9.00. The minimum Gasteiger partial charge on any atom is -0.489 e. The van der Waals surface area contributed by atoms with Crippen LogP contribution in [0.4, 0.5) is 0 Å². The van der Waals surface area contributed by atoms with Gasteiger partial charge in [-0.15, -0.1) is 0 Å². The van der Waals surface area contributed by atoms with Crippen molar-refractivity contribution in [2.75, 3.05) is 18.5 Å². The molecule has 4 aromatic carbocycles. The molecule has 0 aliphatic carbocycles. The summed E-state index contributed by atoms with van der Waals surface area (Å²) in [7, 11) is 0. The van der Waals surface area contributed by atoms with E-state index in [0.717, 1.165) is 36.1 Å². The predicted molar refractivity (Wildman–Crippen MR) is 159 cm³/mol. The van der Waals surface area contributed by atoms with Crippen molar-refractivity contribution in [3.05, 3.63) is 138 Å². The Morgan fingerprint density at radius 2 is 1.16 bits per heavy atom. The molecule has 0 amide bonds. The summed E-state index contributed by atoms with van der Waals surface area (Å²) in [4.78, 5) is 0. The van der Waals surface area contributed by atoms with Gasteiger partial charge in [-0.2, -0.15) is 0 Å². The Labute approximate surface area is 230 Å². The SMILES string of the molecule is BrCCCCCOCCC(=C(c1ccccc1)c1ccc(OCc2ccccc2)cc1)c1ccccc1. The molecule has 190 valence electrons. The molecule has 0 atom stereocenters. The number of hydrogen-bond acceptors (Lipinski definition) is 2. The Balaban J connectivity index is 1.60. The molecule has 0 saturated heterocycles. The molecule has 4 rings (SSSR count). The van der Waals surface area contributed by atoms with Crippen molar-refractivity contribution in [1.82, 2.24) is 0 Å². The zero-order valence-corrected chi connectivity index (χ0v) is 22.9. The van der Waals surface area contributed by atoms with Crippen LogP contribution in [0.2, 0.25) is 0 Å². The Morgan fingerprint density at radius 1 is 0.568 bits per heavy atom. The van der Waals surface area contributed by atoms with Gasteiger partial charge in [0.1, 0.15) is 12.4 Å². The second-order valence-corrected chi connectivity index (χ2v) is 9.79. The first-order valence-electron chi connectivity index (χ1n) is 13.1. The molecule has 0 aromatic heterocycles. The topological polar surface area (TPSA) is 18.5 Å². The lowest BCUT2D eigenvalue weighted by atomic mass is 9.88. The number of alkyl halides is 1. The van der Waals surface area contributed by atoms with Crippen molar-refractivity contribution in [2.24, 2.45) is 0 Å². The summed E-state index contributed by atoms with van der Waals surface area (Å²) < 4.78 is 12.1. The minimum absolute atomic E-state index is 0.559. The van der Waals surface area contributed by atoms with Crippen LogP contribution in [0.3, 0.4) is 0 Å². The summed E-state index contributed by atoms with van der Waals surface area (Å²) in [5.74, 6) is 0.869. The van der Waals surface area contributed by atoms with Crippen LogP contribution in [0.25, 0.3) is 11.1 Å². The van der Waals surface area contributed by atoms with Crippen LogP contribution < -0.4 is 4.74 Å². The van der Waals surface area contributed by atoms with Gasteiger partial charge in [0.15, 0.2) is 0 Å². The molecule has 0 unspecified atom stereocenters. The highest BCUT2D eigenvalue weighted by Crippen LogP contribution is 2.35. The average Bonchev–Trinajstić information content (AvgIpc) is 2.97. The predicted octanol–water partition coefficient (Wildman–Crippen LogP) is 9.20. The maximum absolute atomic E-state index is 6.08.